The summed E-state index contributed by atoms with van der Waals surface area (Å²) in [7, 11) is 0. The lowest BCUT2D eigenvalue weighted by atomic mass is 9.90. The number of aliphatic hydroxyl groups excluding tert-OH is 1. The Bertz CT molecular complexity index is 1690. The lowest BCUT2D eigenvalue weighted by Crippen LogP contribution is -2.35. The summed E-state index contributed by atoms with van der Waals surface area (Å²) in [6.45, 7) is 0.915. The Hall–Kier alpha value is -5.06. The van der Waals surface area contributed by atoms with E-state index in [-0.39, 0.29) is 36.4 Å². The van der Waals surface area contributed by atoms with E-state index in [0.717, 1.165) is 23.1 Å². The third-order valence-electron chi connectivity index (χ3n) is 7.84. The molecule has 0 unspecified atom stereocenters. The average molecular weight is 593 g/mol. The Balaban J connectivity index is 1.14. The van der Waals surface area contributed by atoms with Gasteiger partial charge in [0, 0.05) is 31.5 Å². The summed E-state index contributed by atoms with van der Waals surface area (Å²) >= 11 is 0. The Morgan fingerprint density at radius 3 is 2.57 bits per heavy atom. The molecule has 2 atom stereocenters. The van der Waals surface area contributed by atoms with Crippen LogP contribution in [0.1, 0.15) is 40.2 Å². The summed E-state index contributed by atoms with van der Waals surface area (Å²) < 4.78 is 12.2. The highest BCUT2D eigenvalue weighted by molar-refractivity contribution is 5.91. The summed E-state index contributed by atoms with van der Waals surface area (Å²) in [4.78, 5) is 27.6. The van der Waals surface area contributed by atoms with Gasteiger partial charge in [0.05, 0.1) is 18.1 Å². The lowest BCUT2D eigenvalue weighted by Gasteiger charge is -2.29. The maximum absolute atomic E-state index is 13.2. The van der Waals surface area contributed by atoms with E-state index in [9.17, 15) is 20.0 Å². The summed E-state index contributed by atoms with van der Waals surface area (Å²) in [6, 6.07) is 25.3. The molecule has 2 aliphatic rings. The second kappa shape index (κ2) is 13.1. The monoisotopic (exact) mass is 592 g/mol. The van der Waals surface area contributed by atoms with Crippen molar-refractivity contribution in [3.05, 3.63) is 135 Å². The number of rotatable bonds is 11. The van der Waals surface area contributed by atoms with E-state index in [1.54, 1.807) is 0 Å². The van der Waals surface area contributed by atoms with Crippen LogP contribution in [0.5, 0.6) is 0 Å². The third kappa shape index (κ3) is 6.61. The molecule has 3 N–H and O–H groups in total. The largest absolute Gasteiger partial charge is 0.459 e. The van der Waals surface area contributed by atoms with Crippen molar-refractivity contribution in [2.45, 2.75) is 38.3 Å². The van der Waals surface area contributed by atoms with Crippen molar-refractivity contribution in [1.82, 2.24) is 10.3 Å². The van der Waals surface area contributed by atoms with Crippen LogP contribution in [-0.2, 0) is 33.9 Å². The molecule has 6 rings (SSSR count). The zero-order valence-electron chi connectivity index (χ0n) is 23.9. The Morgan fingerprint density at radius 1 is 1.00 bits per heavy atom. The van der Waals surface area contributed by atoms with Crippen LogP contribution < -0.4 is 10.6 Å². The van der Waals surface area contributed by atoms with Gasteiger partial charge < -0.3 is 25.2 Å². The van der Waals surface area contributed by atoms with Gasteiger partial charge in [-0.2, -0.15) is 0 Å². The number of carbonyl (C=O) groups is 1. The number of aromatic nitrogens is 1. The molecule has 1 amide bonds. The number of hydrogen-bond donors (Lipinski definition) is 3. The number of benzene rings is 3. The van der Waals surface area contributed by atoms with E-state index < -0.39 is 11.2 Å². The maximum atomic E-state index is 13.2. The molecule has 3 aromatic carbocycles. The van der Waals surface area contributed by atoms with Gasteiger partial charge in [0.25, 0.3) is 11.6 Å². The van der Waals surface area contributed by atoms with Crippen LogP contribution in [0.2, 0.25) is 0 Å². The predicted octanol–water partition coefficient (Wildman–Crippen LogP) is 5.21. The molecule has 2 heterocycles. The van der Waals surface area contributed by atoms with E-state index in [4.69, 9.17) is 9.47 Å². The quantitative estimate of drug-likeness (QED) is 0.108. The average Bonchev–Trinajstić information content (AvgIpc) is 3.44. The Morgan fingerprint density at radius 2 is 1.80 bits per heavy atom. The van der Waals surface area contributed by atoms with Crippen molar-refractivity contribution in [1.29, 1.82) is 0 Å². The SMILES string of the molecule is O=C(NCCNc1ccc([N+](=O)[O-])cn1)C1=C[C@H](c2ccc3c(c2)Cc2ccccc2-3)C[C@H](OCc2ccc(CO)cc2)O1. The number of nitrogens with one attached hydrogen (secondary N) is 2. The van der Waals surface area contributed by atoms with Crippen LogP contribution in [0.25, 0.3) is 11.1 Å². The van der Waals surface area contributed by atoms with Crippen molar-refractivity contribution >= 4 is 17.4 Å². The zero-order chi connectivity index (χ0) is 30.5. The van der Waals surface area contributed by atoms with Crippen LogP contribution in [-0.4, -0.2) is 40.3 Å². The third-order valence-corrected chi connectivity index (χ3v) is 7.84. The van der Waals surface area contributed by atoms with Gasteiger partial charge in [-0.3, -0.25) is 14.9 Å². The number of nitro groups is 1. The second-order valence-corrected chi connectivity index (χ2v) is 10.8. The standard InChI is InChI=1S/C34H32N4O6/c39-20-22-5-7-23(8-6-22)21-43-33-18-26(24-9-11-30-27(15-24)16-25-3-1-2-4-29(25)30)17-31(44-33)34(40)36-14-13-35-32-12-10-28(19-37-32)38(41)42/h1-12,15,17,19,26,33,39H,13-14,16,18,20-21H2,(H,35,37)(H,36,40)/t26-,33+/m0/s1. The van der Waals surface area contributed by atoms with Gasteiger partial charge in [0.2, 0.25) is 6.29 Å². The van der Waals surface area contributed by atoms with Crippen LogP contribution in [0.3, 0.4) is 0 Å². The number of pyridine rings is 1. The number of carbonyl (C=O) groups excluding carboxylic acids is 1. The highest BCUT2D eigenvalue weighted by atomic mass is 16.7. The van der Waals surface area contributed by atoms with Crippen molar-refractivity contribution in [2.24, 2.45) is 0 Å². The van der Waals surface area contributed by atoms with E-state index in [0.29, 0.717) is 25.4 Å². The predicted molar refractivity (Wildman–Crippen MR) is 165 cm³/mol. The van der Waals surface area contributed by atoms with Crippen molar-refractivity contribution < 1.29 is 24.3 Å². The number of hydrogen-bond acceptors (Lipinski definition) is 8. The van der Waals surface area contributed by atoms with Crippen molar-refractivity contribution in [3.8, 4) is 11.1 Å². The first-order valence-electron chi connectivity index (χ1n) is 14.5. The van der Waals surface area contributed by atoms with Gasteiger partial charge in [-0.15, -0.1) is 0 Å². The number of nitrogens with zero attached hydrogens (tertiary/aromatic N) is 2. The molecule has 0 spiro atoms. The molecule has 4 aromatic rings. The van der Waals surface area contributed by atoms with Gasteiger partial charge in [0.15, 0.2) is 5.76 Å². The highest BCUT2D eigenvalue weighted by Gasteiger charge is 2.30. The Labute approximate surface area is 254 Å². The number of aliphatic hydroxyl groups is 1. The zero-order valence-corrected chi connectivity index (χ0v) is 23.9. The molecule has 1 aliphatic heterocycles. The molecular weight excluding hydrogens is 560 g/mol. The number of anilines is 1. The molecule has 0 saturated carbocycles. The van der Waals surface area contributed by atoms with Crippen LogP contribution >= 0.6 is 0 Å². The van der Waals surface area contributed by atoms with Crippen molar-refractivity contribution in [2.75, 3.05) is 18.4 Å². The van der Waals surface area contributed by atoms with Gasteiger partial charge in [-0.25, -0.2) is 4.98 Å². The summed E-state index contributed by atoms with van der Waals surface area (Å²) in [5.41, 5.74) is 7.85. The fourth-order valence-electron chi connectivity index (χ4n) is 5.53. The van der Waals surface area contributed by atoms with Crippen LogP contribution in [0.15, 0.2) is 96.9 Å². The maximum Gasteiger partial charge on any atom is 0.287 e. The van der Waals surface area contributed by atoms with E-state index in [1.807, 2.05) is 30.3 Å². The topological polar surface area (TPSA) is 136 Å². The first-order valence-corrected chi connectivity index (χ1v) is 14.5. The summed E-state index contributed by atoms with van der Waals surface area (Å²) in [6.07, 6.45) is 3.82. The Kier molecular flexibility index (Phi) is 8.62. The molecule has 0 bridgehead atoms. The van der Waals surface area contributed by atoms with Gasteiger partial charge in [0.1, 0.15) is 12.0 Å². The first-order chi connectivity index (χ1) is 21.5. The van der Waals surface area contributed by atoms with Gasteiger partial charge in [-0.05, 0) is 57.5 Å². The summed E-state index contributed by atoms with van der Waals surface area (Å²) in [5, 5.41) is 26.1. The normalized spacial score (nSPS) is 16.7. The minimum Gasteiger partial charge on any atom is -0.459 e. The molecule has 0 saturated heterocycles. The molecular formula is C34H32N4O6. The molecule has 1 aromatic heterocycles. The van der Waals surface area contributed by atoms with Gasteiger partial charge >= 0.3 is 0 Å². The van der Waals surface area contributed by atoms with Crippen LogP contribution in [0, 0.1) is 10.1 Å². The minimum absolute atomic E-state index is 0.0242. The smallest absolute Gasteiger partial charge is 0.287 e. The molecule has 10 nitrogen and oxygen atoms in total. The summed E-state index contributed by atoms with van der Waals surface area (Å²) in [5.74, 6) is 0.210. The number of allylic oxidation sites excluding steroid dienone is 1. The minimum atomic E-state index is -0.642. The number of fused-ring (bicyclic) bond motifs is 3. The van der Waals surface area contributed by atoms with Crippen molar-refractivity contribution in [3.63, 3.8) is 0 Å². The molecule has 0 fully saturated rings. The van der Waals surface area contributed by atoms with Gasteiger partial charge in [-0.1, -0.05) is 66.7 Å². The van der Waals surface area contributed by atoms with E-state index in [2.05, 4.69) is 58.1 Å². The highest BCUT2D eigenvalue weighted by Crippen LogP contribution is 2.40. The van der Waals surface area contributed by atoms with E-state index >= 15 is 0 Å². The lowest BCUT2D eigenvalue weighted by molar-refractivity contribution is -0.385. The fraction of sp³-hybridized carbons (Fsp3) is 0.235. The molecule has 10 heteroatoms. The first kappa shape index (κ1) is 29.0. The fourth-order valence-corrected chi connectivity index (χ4v) is 5.53. The second-order valence-electron chi connectivity index (χ2n) is 10.8. The van der Waals surface area contributed by atoms with E-state index in [1.165, 1.54) is 40.6 Å². The number of amides is 1. The number of ether oxygens (including phenoxy) is 2. The van der Waals surface area contributed by atoms with Crippen LogP contribution in [0.4, 0.5) is 11.5 Å². The molecule has 224 valence electrons. The molecule has 1 aliphatic carbocycles. The molecule has 44 heavy (non-hydrogen) atoms. The molecule has 0 radical (unpaired) electrons.